The highest BCUT2D eigenvalue weighted by Gasteiger charge is 2.36. The number of rotatable bonds is 3. The number of hydrogen-bond acceptors (Lipinski definition) is 5. The highest BCUT2D eigenvalue weighted by Crippen LogP contribution is 2.30. The van der Waals surface area contributed by atoms with E-state index in [1.807, 2.05) is 11.9 Å². The number of aryl methyl sites for hydroxylation is 2. The van der Waals surface area contributed by atoms with Crippen molar-refractivity contribution in [2.24, 2.45) is 18.2 Å². The predicted octanol–water partition coefficient (Wildman–Crippen LogP) is 1.19. The molecule has 0 radical (unpaired) electrons. The SMILES string of the molecule is Cc1oc(-c2cnn(C)c2)nc1C(=O)N1CCC(C)(CN)C1. The predicted molar refractivity (Wildman–Crippen MR) is 81.1 cm³/mol. The van der Waals surface area contributed by atoms with Crippen LogP contribution in [0.4, 0.5) is 0 Å². The Bertz CT molecular complexity index is 705. The molecule has 118 valence electrons. The van der Waals surface area contributed by atoms with Crippen molar-refractivity contribution in [1.29, 1.82) is 0 Å². The van der Waals surface area contributed by atoms with Gasteiger partial charge in [-0.05, 0) is 25.3 Å². The first-order valence-electron chi connectivity index (χ1n) is 7.38. The van der Waals surface area contributed by atoms with Crippen molar-refractivity contribution >= 4 is 5.91 Å². The summed E-state index contributed by atoms with van der Waals surface area (Å²) in [5, 5.41) is 4.09. The fourth-order valence-corrected chi connectivity index (χ4v) is 2.76. The van der Waals surface area contributed by atoms with Gasteiger partial charge in [0.15, 0.2) is 5.69 Å². The number of oxazole rings is 1. The summed E-state index contributed by atoms with van der Waals surface area (Å²) in [7, 11) is 1.82. The number of amides is 1. The van der Waals surface area contributed by atoms with Gasteiger partial charge in [0, 0.05) is 26.3 Å². The van der Waals surface area contributed by atoms with Gasteiger partial charge in [-0.3, -0.25) is 9.48 Å². The lowest BCUT2D eigenvalue weighted by Gasteiger charge is -2.22. The zero-order chi connectivity index (χ0) is 15.9. The number of carbonyl (C=O) groups excluding carboxylic acids is 1. The Balaban J connectivity index is 1.83. The molecule has 2 aromatic rings. The molecule has 1 aliphatic heterocycles. The third-order valence-electron chi connectivity index (χ3n) is 4.29. The van der Waals surface area contributed by atoms with Crippen molar-refractivity contribution in [3.63, 3.8) is 0 Å². The standard InChI is InChI=1S/C15H21N5O2/c1-10-12(14(21)20-5-4-15(2,8-16)9-20)18-13(22-10)11-6-17-19(3)7-11/h6-7H,4-5,8-9,16H2,1-3H3. The number of carbonyl (C=O) groups is 1. The molecule has 22 heavy (non-hydrogen) atoms. The molecule has 1 saturated heterocycles. The highest BCUT2D eigenvalue weighted by atomic mass is 16.4. The van der Waals surface area contributed by atoms with Crippen molar-refractivity contribution < 1.29 is 9.21 Å². The van der Waals surface area contributed by atoms with Crippen LogP contribution in [0.15, 0.2) is 16.8 Å². The second-order valence-corrected chi connectivity index (χ2v) is 6.32. The molecule has 3 heterocycles. The Morgan fingerprint density at radius 3 is 2.91 bits per heavy atom. The molecule has 7 heteroatoms. The summed E-state index contributed by atoms with van der Waals surface area (Å²) < 4.78 is 7.31. The van der Waals surface area contributed by atoms with Crippen LogP contribution < -0.4 is 5.73 Å². The third-order valence-corrected chi connectivity index (χ3v) is 4.29. The zero-order valence-electron chi connectivity index (χ0n) is 13.2. The van der Waals surface area contributed by atoms with Crippen molar-refractivity contribution in [1.82, 2.24) is 19.7 Å². The van der Waals surface area contributed by atoms with Crippen LogP contribution in [0.25, 0.3) is 11.5 Å². The molecule has 1 unspecified atom stereocenters. The van der Waals surface area contributed by atoms with E-state index in [0.717, 1.165) is 12.0 Å². The minimum Gasteiger partial charge on any atom is -0.440 e. The summed E-state index contributed by atoms with van der Waals surface area (Å²) in [5.74, 6) is 0.869. The van der Waals surface area contributed by atoms with Gasteiger partial charge < -0.3 is 15.1 Å². The van der Waals surface area contributed by atoms with Crippen LogP contribution in [0.5, 0.6) is 0 Å². The van der Waals surface area contributed by atoms with E-state index < -0.39 is 0 Å². The van der Waals surface area contributed by atoms with Crippen molar-refractivity contribution in [3.05, 3.63) is 23.8 Å². The molecular formula is C15H21N5O2. The molecule has 2 N–H and O–H groups in total. The quantitative estimate of drug-likeness (QED) is 0.920. The number of hydrogen-bond donors (Lipinski definition) is 1. The van der Waals surface area contributed by atoms with E-state index in [2.05, 4.69) is 17.0 Å². The second-order valence-electron chi connectivity index (χ2n) is 6.32. The van der Waals surface area contributed by atoms with Gasteiger partial charge in [0.1, 0.15) is 5.76 Å². The van der Waals surface area contributed by atoms with Gasteiger partial charge in [-0.25, -0.2) is 4.98 Å². The van der Waals surface area contributed by atoms with E-state index in [4.69, 9.17) is 10.2 Å². The average molecular weight is 303 g/mol. The van der Waals surface area contributed by atoms with E-state index in [-0.39, 0.29) is 11.3 Å². The minimum atomic E-state index is -0.0893. The first-order chi connectivity index (χ1) is 10.4. The average Bonchev–Trinajstić information content (AvgIpc) is 3.18. The maximum atomic E-state index is 12.7. The van der Waals surface area contributed by atoms with Gasteiger partial charge >= 0.3 is 0 Å². The van der Waals surface area contributed by atoms with Crippen LogP contribution in [0.2, 0.25) is 0 Å². The van der Waals surface area contributed by atoms with E-state index in [9.17, 15) is 4.79 Å². The molecule has 2 aromatic heterocycles. The molecule has 0 spiro atoms. The summed E-state index contributed by atoms with van der Waals surface area (Å²) in [6, 6.07) is 0. The van der Waals surface area contributed by atoms with E-state index >= 15 is 0 Å². The molecule has 1 fully saturated rings. The normalized spacial score (nSPS) is 21.5. The summed E-state index contributed by atoms with van der Waals surface area (Å²) >= 11 is 0. The van der Waals surface area contributed by atoms with E-state index in [1.165, 1.54) is 0 Å². The van der Waals surface area contributed by atoms with Crippen molar-refractivity contribution in [3.8, 4) is 11.5 Å². The smallest absolute Gasteiger partial charge is 0.276 e. The molecule has 0 aliphatic carbocycles. The van der Waals surface area contributed by atoms with Gasteiger partial charge in [0.25, 0.3) is 5.91 Å². The zero-order valence-corrected chi connectivity index (χ0v) is 13.2. The molecule has 3 rings (SSSR count). The molecule has 7 nitrogen and oxygen atoms in total. The molecule has 1 amide bonds. The summed E-state index contributed by atoms with van der Waals surface area (Å²) in [4.78, 5) is 18.8. The largest absolute Gasteiger partial charge is 0.440 e. The van der Waals surface area contributed by atoms with Gasteiger partial charge in [-0.15, -0.1) is 0 Å². The Labute approximate surface area is 129 Å². The molecule has 0 aromatic carbocycles. The summed E-state index contributed by atoms with van der Waals surface area (Å²) in [5.41, 5.74) is 6.94. The first-order valence-corrected chi connectivity index (χ1v) is 7.38. The van der Waals surface area contributed by atoms with Crippen LogP contribution in [-0.4, -0.2) is 45.2 Å². The van der Waals surface area contributed by atoms with E-state index in [1.54, 1.807) is 24.0 Å². The lowest BCUT2D eigenvalue weighted by atomic mass is 9.90. The maximum absolute atomic E-state index is 12.7. The van der Waals surface area contributed by atoms with Gasteiger partial charge in [0.2, 0.25) is 5.89 Å². The fourth-order valence-electron chi connectivity index (χ4n) is 2.76. The summed E-state index contributed by atoms with van der Waals surface area (Å²) in [6.07, 6.45) is 4.39. The van der Waals surface area contributed by atoms with Gasteiger partial charge in [-0.1, -0.05) is 6.92 Å². The maximum Gasteiger partial charge on any atom is 0.276 e. The topological polar surface area (TPSA) is 90.2 Å². The molecule has 1 aliphatic rings. The monoisotopic (exact) mass is 303 g/mol. The summed E-state index contributed by atoms with van der Waals surface area (Å²) in [6.45, 7) is 5.82. The van der Waals surface area contributed by atoms with Gasteiger partial charge in [-0.2, -0.15) is 5.10 Å². The number of nitrogens with two attached hydrogens (primary N) is 1. The van der Waals surface area contributed by atoms with Crippen LogP contribution >= 0.6 is 0 Å². The van der Waals surface area contributed by atoms with Crippen molar-refractivity contribution in [2.45, 2.75) is 20.3 Å². The third kappa shape index (κ3) is 2.52. The Hall–Kier alpha value is -2.15. The second kappa shape index (κ2) is 5.24. The number of likely N-dealkylation sites (tertiary alicyclic amines) is 1. The van der Waals surface area contributed by atoms with Crippen LogP contribution in [0.1, 0.15) is 29.6 Å². The molecule has 0 saturated carbocycles. The fraction of sp³-hybridized carbons (Fsp3) is 0.533. The minimum absolute atomic E-state index is 0.000515. The van der Waals surface area contributed by atoms with Crippen LogP contribution in [0, 0.1) is 12.3 Å². The van der Waals surface area contributed by atoms with Crippen molar-refractivity contribution in [2.75, 3.05) is 19.6 Å². The Kier molecular flexibility index (Phi) is 3.52. The number of aromatic nitrogens is 3. The highest BCUT2D eigenvalue weighted by molar-refractivity contribution is 5.94. The first kappa shape index (κ1) is 14.8. The van der Waals surface area contributed by atoms with E-state index in [0.29, 0.717) is 37.0 Å². The van der Waals surface area contributed by atoms with Crippen LogP contribution in [0.3, 0.4) is 0 Å². The van der Waals surface area contributed by atoms with Gasteiger partial charge in [0.05, 0.1) is 11.8 Å². The van der Waals surface area contributed by atoms with Crippen LogP contribution in [-0.2, 0) is 7.05 Å². The lowest BCUT2D eigenvalue weighted by molar-refractivity contribution is 0.0770. The molecule has 0 bridgehead atoms. The Morgan fingerprint density at radius 2 is 2.32 bits per heavy atom. The molecule has 1 atom stereocenters. The molecular weight excluding hydrogens is 282 g/mol. The lowest BCUT2D eigenvalue weighted by Crippen LogP contribution is -2.34. The number of nitrogens with zero attached hydrogens (tertiary/aromatic N) is 4. The Morgan fingerprint density at radius 1 is 1.55 bits per heavy atom.